The normalized spacial score (nSPS) is 17.4. The molecule has 0 bridgehead atoms. The lowest BCUT2D eigenvalue weighted by molar-refractivity contribution is 0.371. The molecule has 0 aliphatic heterocycles. The highest BCUT2D eigenvalue weighted by Crippen LogP contribution is 2.31. The van der Waals surface area contributed by atoms with Crippen LogP contribution >= 0.6 is 11.3 Å². The Morgan fingerprint density at radius 2 is 2.20 bits per heavy atom. The van der Waals surface area contributed by atoms with Crippen LogP contribution in [0.2, 0.25) is 0 Å². The van der Waals surface area contributed by atoms with E-state index in [-0.39, 0.29) is 16.9 Å². The molecule has 2 aromatic rings. The van der Waals surface area contributed by atoms with Crippen molar-refractivity contribution in [3.8, 4) is 0 Å². The lowest BCUT2D eigenvalue weighted by Crippen LogP contribution is -2.36. The minimum Gasteiger partial charge on any atom is -0.306 e. The number of nitrogens with one attached hydrogen (secondary N) is 1. The Kier molecular flexibility index (Phi) is 3.44. The van der Waals surface area contributed by atoms with Gasteiger partial charge in [-0.2, -0.15) is 9.29 Å². The van der Waals surface area contributed by atoms with Gasteiger partial charge in [0.15, 0.2) is 10.8 Å². The monoisotopic (exact) mass is 315 g/mol. The molecule has 110 valence electrons. The first kappa shape index (κ1) is 13.8. The fourth-order valence-corrected chi connectivity index (χ4v) is 5.10. The second-order valence-electron chi connectivity index (χ2n) is 4.93. The number of hydrogen-bond donors (Lipinski definition) is 2. The number of hydrogen-bond acceptors (Lipinski definition) is 6. The molecule has 7 nitrogen and oxygen atoms in total. The second-order valence-corrected chi connectivity index (χ2v) is 7.71. The van der Waals surface area contributed by atoms with E-state index in [1.54, 1.807) is 23.0 Å². The van der Waals surface area contributed by atoms with Gasteiger partial charge in [0.05, 0.1) is 0 Å². The summed E-state index contributed by atoms with van der Waals surface area (Å²) in [5, 5.41) is 1.92. The molecule has 0 unspecified atom stereocenters. The van der Waals surface area contributed by atoms with E-state index in [2.05, 4.69) is 10.4 Å². The number of thiazole rings is 1. The quantitative estimate of drug-likeness (QED) is 0.654. The van der Waals surface area contributed by atoms with Crippen LogP contribution in [0.5, 0.6) is 0 Å². The van der Waals surface area contributed by atoms with E-state index in [0.717, 1.165) is 25.7 Å². The number of nitrogen functional groups attached to an aromatic ring is 1. The van der Waals surface area contributed by atoms with Crippen molar-refractivity contribution < 1.29 is 8.42 Å². The minimum atomic E-state index is -3.62. The van der Waals surface area contributed by atoms with Crippen LogP contribution in [0.25, 0.3) is 4.96 Å². The van der Waals surface area contributed by atoms with Gasteiger partial charge in [-0.05, 0) is 12.8 Å². The molecule has 2 aromatic heterocycles. The van der Waals surface area contributed by atoms with Crippen LogP contribution in [0.3, 0.4) is 0 Å². The minimum absolute atomic E-state index is 0.0646. The van der Waals surface area contributed by atoms with Crippen LogP contribution in [-0.4, -0.2) is 35.2 Å². The number of rotatable bonds is 4. The maximum absolute atomic E-state index is 12.8. The molecule has 3 rings (SSSR count). The van der Waals surface area contributed by atoms with E-state index < -0.39 is 10.0 Å². The van der Waals surface area contributed by atoms with Crippen molar-refractivity contribution in [2.45, 2.75) is 36.8 Å². The van der Waals surface area contributed by atoms with E-state index in [4.69, 9.17) is 5.84 Å². The maximum Gasteiger partial charge on any atom is 0.262 e. The Hall–Kier alpha value is -1.16. The van der Waals surface area contributed by atoms with Crippen molar-refractivity contribution in [3.05, 3.63) is 11.6 Å². The zero-order valence-electron chi connectivity index (χ0n) is 11.1. The van der Waals surface area contributed by atoms with Crippen LogP contribution in [0.4, 0.5) is 5.82 Å². The first-order valence-electron chi connectivity index (χ1n) is 6.46. The van der Waals surface area contributed by atoms with Gasteiger partial charge in [0.25, 0.3) is 10.0 Å². The molecule has 0 amide bonds. The average Bonchev–Trinajstić information content (AvgIpc) is 3.12. The Labute approximate surface area is 121 Å². The summed E-state index contributed by atoms with van der Waals surface area (Å²) >= 11 is 1.37. The summed E-state index contributed by atoms with van der Waals surface area (Å²) in [4.78, 5) is 4.81. The smallest absolute Gasteiger partial charge is 0.262 e. The molecule has 1 saturated carbocycles. The van der Waals surface area contributed by atoms with Gasteiger partial charge in [-0.25, -0.2) is 14.3 Å². The van der Waals surface area contributed by atoms with Gasteiger partial charge in [-0.3, -0.25) is 4.40 Å². The van der Waals surface area contributed by atoms with Gasteiger partial charge >= 0.3 is 0 Å². The molecule has 1 aliphatic rings. The van der Waals surface area contributed by atoms with Crippen LogP contribution in [0, 0.1) is 0 Å². The van der Waals surface area contributed by atoms with Crippen LogP contribution in [0.1, 0.15) is 25.7 Å². The summed E-state index contributed by atoms with van der Waals surface area (Å²) in [6.45, 7) is 0. The number of hydrazine groups is 1. The molecule has 0 spiro atoms. The molecule has 1 fully saturated rings. The van der Waals surface area contributed by atoms with Crippen LogP contribution in [-0.2, 0) is 10.0 Å². The van der Waals surface area contributed by atoms with E-state index >= 15 is 0 Å². The lowest BCUT2D eigenvalue weighted by atomic mass is 10.3. The number of imidazole rings is 1. The van der Waals surface area contributed by atoms with Gasteiger partial charge in [-0.1, -0.05) is 12.8 Å². The molecule has 2 heterocycles. The molecule has 3 N–H and O–H groups in total. The highest BCUT2D eigenvalue weighted by atomic mass is 32.2. The molecule has 0 atom stereocenters. The van der Waals surface area contributed by atoms with Gasteiger partial charge in [0.1, 0.15) is 0 Å². The van der Waals surface area contributed by atoms with Crippen molar-refractivity contribution in [2.24, 2.45) is 5.84 Å². The zero-order chi connectivity index (χ0) is 14.3. The predicted octanol–water partition coefficient (Wildman–Crippen LogP) is 1.24. The summed E-state index contributed by atoms with van der Waals surface area (Å²) in [6.07, 6.45) is 5.67. The van der Waals surface area contributed by atoms with Crippen molar-refractivity contribution >= 4 is 32.1 Å². The molecular weight excluding hydrogens is 298 g/mol. The number of nitrogens with two attached hydrogens (primary N) is 1. The van der Waals surface area contributed by atoms with Gasteiger partial charge in [0.2, 0.25) is 5.03 Å². The van der Waals surface area contributed by atoms with E-state index in [0.29, 0.717) is 4.96 Å². The van der Waals surface area contributed by atoms with Gasteiger partial charge < -0.3 is 5.43 Å². The van der Waals surface area contributed by atoms with E-state index in [1.165, 1.54) is 15.6 Å². The highest BCUT2D eigenvalue weighted by Gasteiger charge is 2.34. The summed E-state index contributed by atoms with van der Waals surface area (Å²) in [7, 11) is -1.98. The fourth-order valence-electron chi connectivity index (χ4n) is 2.71. The van der Waals surface area contributed by atoms with Crippen LogP contribution < -0.4 is 11.3 Å². The lowest BCUT2D eigenvalue weighted by Gasteiger charge is -2.23. The summed E-state index contributed by atoms with van der Waals surface area (Å²) in [5.41, 5.74) is 2.39. The van der Waals surface area contributed by atoms with Gasteiger partial charge in [-0.15, -0.1) is 11.3 Å². The van der Waals surface area contributed by atoms with Crippen LogP contribution in [0.15, 0.2) is 16.6 Å². The number of aromatic nitrogens is 2. The average molecular weight is 315 g/mol. The zero-order valence-corrected chi connectivity index (χ0v) is 12.7. The molecule has 0 radical (unpaired) electrons. The number of nitrogens with zero attached hydrogens (tertiary/aromatic N) is 3. The Morgan fingerprint density at radius 3 is 2.85 bits per heavy atom. The molecular formula is C11H17N5O2S2. The van der Waals surface area contributed by atoms with E-state index in [9.17, 15) is 8.42 Å². The standard InChI is InChI=1S/C11H17N5O2S2/c1-15(8-4-2-3-5-8)20(17,18)10-9(14-12)13-11-16(10)6-7-19-11/h6-8,14H,2-5,12H2,1H3. The number of fused-ring (bicyclic) bond motifs is 1. The summed E-state index contributed by atoms with van der Waals surface area (Å²) in [6, 6.07) is 0.0646. The van der Waals surface area contributed by atoms with Gasteiger partial charge in [0, 0.05) is 24.7 Å². The fraction of sp³-hybridized carbons (Fsp3) is 0.545. The number of sulfonamides is 1. The van der Waals surface area contributed by atoms with Crippen molar-refractivity contribution in [1.82, 2.24) is 13.7 Å². The highest BCUT2D eigenvalue weighted by molar-refractivity contribution is 7.89. The third kappa shape index (κ3) is 2.01. The maximum atomic E-state index is 12.8. The third-order valence-corrected chi connectivity index (χ3v) is 6.51. The first-order valence-corrected chi connectivity index (χ1v) is 8.78. The van der Waals surface area contributed by atoms with Crippen molar-refractivity contribution in [1.29, 1.82) is 0 Å². The third-order valence-electron chi connectivity index (χ3n) is 3.82. The molecule has 20 heavy (non-hydrogen) atoms. The molecule has 0 aromatic carbocycles. The molecule has 9 heteroatoms. The Morgan fingerprint density at radius 1 is 1.50 bits per heavy atom. The second kappa shape index (κ2) is 4.99. The van der Waals surface area contributed by atoms with Crippen molar-refractivity contribution in [2.75, 3.05) is 12.5 Å². The van der Waals surface area contributed by atoms with Crippen molar-refractivity contribution in [3.63, 3.8) is 0 Å². The van der Waals surface area contributed by atoms with E-state index in [1.807, 2.05) is 0 Å². The molecule has 0 saturated heterocycles. The first-order chi connectivity index (χ1) is 9.55. The predicted molar refractivity (Wildman–Crippen MR) is 78.1 cm³/mol. The summed E-state index contributed by atoms with van der Waals surface area (Å²) in [5.74, 6) is 5.62. The topological polar surface area (TPSA) is 92.7 Å². The summed E-state index contributed by atoms with van der Waals surface area (Å²) < 4.78 is 28.7. The molecule has 1 aliphatic carbocycles. The number of anilines is 1. The Bertz CT molecular complexity index is 714. The Balaban J connectivity index is 2.10. The SMILES string of the molecule is CN(C1CCCC1)S(=O)(=O)c1c(NN)nc2sccn12. The largest absolute Gasteiger partial charge is 0.306 e.